The average Bonchev–Trinajstić information content (AvgIpc) is 3.15. The van der Waals surface area contributed by atoms with Gasteiger partial charge in [0.1, 0.15) is 11.6 Å². The molecule has 1 aromatic heterocycles. The van der Waals surface area contributed by atoms with Crippen LogP contribution in [-0.4, -0.2) is 65.9 Å². The van der Waals surface area contributed by atoms with Crippen LogP contribution in [0.2, 0.25) is 0 Å². The van der Waals surface area contributed by atoms with Crippen molar-refractivity contribution in [3.8, 4) is 5.75 Å². The maximum absolute atomic E-state index is 13.9. The number of rotatable bonds is 6. The number of carbonyl (C=O) groups excluding carboxylic acids is 2. The number of hydrogen-bond acceptors (Lipinski definition) is 6. The van der Waals surface area contributed by atoms with Crippen molar-refractivity contribution in [3.63, 3.8) is 0 Å². The van der Waals surface area contributed by atoms with E-state index in [1.54, 1.807) is 17.0 Å². The fourth-order valence-electron chi connectivity index (χ4n) is 3.49. The quantitative estimate of drug-likeness (QED) is 0.635. The minimum absolute atomic E-state index is 0.0806. The number of fused-ring (bicyclic) bond motifs is 1. The summed E-state index contributed by atoms with van der Waals surface area (Å²) in [6, 6.07) is 11.6. The van der Waals surface area contributed by atoms with Crippen LogP contribution in [-0.2, 0) is 4.79 Å². The standard InChI is InChI=1S/C22H23FN4O3S/c1-2-30-15-7-8-18-19(13-15)31-22(24-18)25-20(28)14-26-9-11-27(12-10-26)21(29)16-5-3-4-6-17(16)23/h3-8,13H,2,9-12,14H2,1H3,(H,24,25,28). The Hall–Kier alpha value is -3.04. The minimum atomic E-state index is -0.515. The number of aromatic nitrogens is 1. The molecule has 3 aromatic rings. The Morgan fingerprint density at radius 2 is 1.94 bits per heavy atom. The molecule has 2 heterocycles. The molecule has 2 amide bonds. The van der Waals surface area contributed by atoms with Crippen LogP contribution in [0.1, 0.15) is 17.3 Å². The van der Waals surface area contributed by atoms with Crippen LogP contribution in [0.4, 0.5) is 9.52 Å². The molecule has 0 saturated carbocycles. The van der Waals surface area contributed by atoms with Crippen molar-refractivity contribution in [2.24, 2.45) is 0 Å². The Labute approximate surface area is 183 Å². The molecule has 0 aliphatic carbocycles. The molecule has 0 radical (unpaired) electrons. The van der Waals surface area contributed by atoms with Gasteiger partial charge in [0.25, 0.3) is 5.91 Å². The summed E-state index contributed by atoms with van der Waals surface area (Å²) in [6.45, 7) is 4.72. The van der Waals surface area contributed by atoms with Crippen molar-refractivity contribution < 1.29 is 18.7 Å². The second kappa shape index (κ2) is 9.40. The van der Waals surface area contributed by atoms with Crippen LogP contribution in [0.25, 0.3) is 10.2 Å². The van der Waals surface area contributed by atoms with E-state index < -0.39 is 5.82 Å². The number of halogens is 1. The topological polar surface area (TPSA) is 74.8 Å². The maximum Gasteiger partial charge on any atom is 0.256 e. The van der Waals surface area contributed by atoms with Gasteiger partial charge in [-0.1, -0.05) is 23.5 Å². The first kappa shape index (κ1) is 21.2. The molecule has 1 aliphatic heterocycles. The van der Waals surface area contributed by atoms with Crippen molar-refractivity contribution in [2.75, 3.05) is 44.6 Å². The van der Waals surface area contributed by atoms with Crippen LogP contribution >= 0.6 is 11.3 Å². The van der Waals surface area contributed by atoms with E-state index in [4.69, 9.17) is 4.74 Å². The van der Waals surface area contributed by atoms with Crippen LogP contribution in [0, 0.1) is 5.82 Å². The first-order chi connectivity index (χ1) is 15.0. The van der Waals surface area contributed by atoms with Crippen molar-refractivity contribution in [2.45, 2.75) is 6.92 Å². The summed E-state index contributed by atoms with van der Waals surface area (Å²) in [7, 11) is 0. The first-order valence-electron chi connectivity index (χ1n) is 10.1. The third-order valence-electron chi connectivity index (χ3n) is 5.05. The highest BCUT2D eigenvalue weighted by Crippen LogP contribution is 2.29. The van der Waals surface area contributed by atoms with Crippen LogP contribution in [0.15, 0.2) is 42.5 Å². The molecule has 1 aliphatic rings. The fraction of sp³-hybridized carbons (Fsp3) is 0.318. The molecule has 31 heavy (non-hydrogen) atoms. The molecular weight excluding hydrogens is 419 g/mol. The summed E-state index contributed by atoms with van der Waals surface area (Å²) in [4.78, 5) is 33.0. The monoisotopic (exact) mass is 442 g/mol. The predicted molar refractivity (Wildman–Crippen MR) is 118 cm³/mol. The summed E-state index contributed by atoms with van der Waals surface area (Å²) in [5.74, 6) is -0.209. The van der Waals surface area contributed by atoms with Gasteiger partial charge in [-0.15, -0.1) is 0 Å². The van der Waals surface area contributed by atoms with Gasteiger partial charge in [-0.2, -0.15) is 0 Å². The molecule has 1 saturated heterocycles. The van der Waals surface area contributed by atoms with E-state index >= 15 is 0 Å². The fourth-order valence-corrected chi connectivity index (χ4v) is 4.40. The molecule has 162 valence electrons. The molecule has 1 fully saturated rings. The van der Waals surface area contributed by atoms with Crippen molar-refractivity contribution >= 4 is 38.5 Å². The number of benzene rings is 2. The van der Waals surface area contributed by atoms with E-state index in [0.29, 0.717) is 37.9 Å². The number of ether oxygens (including phenoxy) is 1. The summed E-state index contributed by atoms with van der Waals surface area (Å²) in [5.41, 5.74) is 0.890. The lowest BCUT2D eigenvalue weighted by molar-refractivity contribution is -0.117. The van der Waals surface area contributed by atoms with Gasteiger partial charge >= 0.3 is 0 Å². The van der Waals surface area contributed by atoms with Gasteiger partial charge in [0.15, 0.2) is 5.13 Å². The van der Waals surface area contributed by atoms with Gasteiger partial charge < -0.3 is 15.0 Å². The molecule has 0 unspecified atom stereocenters. The number of anilines is 1. The molecule has 1 N–H and O–H groups in total. The Balaban J connectivity index is 1.30. The number of hydrogen-bond donors (Lipinski definition) is 1. The molecule has 2 aromatic carbocycles. The van der Waals surface area contributed by atoms with Crippen molar-refractivity contribution in [3.05, 3.63) is 53.8 Å². The number of carbonyl (C=O) groups is 2. The van der Waals surface area contributed by atoms with Crippen molar-refractivity contribution in [1.82, 2.24) is 14.8 Å². The van der Waals surface area contributed by atoms with Gasteiger partial charge in [0.2, 0.25) is 5.91 Å². The van der Waals surface area contributed by atoms with Gasteiger partial charge in [0, 0.05) is 26.2 Å². The van der Waals surface area contributed by atoms with E-state index in [1.165, 1.54) is 23.5 Å². The third-order valence-corrected chi connectivity index (χ3v) is 5.98. The summed E-state index contributed by atoms with van der Waals surface area (Å²) < 4.78 is 20.3. The molecule has 0 bridgehead atoms. The summed E-state index contributed by atoms with van der Waals surface area (Å²) >= 11 is 1.40. The molecule has 7 nitrogen and oxygen atoms in total. The Kier molecular flexibility index (Phi) is 6.43. The lowest BCUT2D eigenvalue weighted by Gasteiger charge is -2.34. The van der Waals surface area contributed by atoms with E-state index in [1.807, 2.05) is 30.0 Å². The highest BCUT2D eigenvalue weighted by atomic mass is 32.1. The van der Waals surface area contributed by atoms with E-state index in [0.717, 1.165) is 16.0 Å². The second-order valence-corrected chi connectivity index (χ2v) is 8.21. The second-order valence-electron chi connectivity index (χ2n) is 7.18. The summed E-state index contributed by atoms with van der Waals surface area (Å²) in [5, 5.41) is 3.40. The smallest absolute Gasteiger partial charge is 0.256 e. The first-order valence-corrected chi connectivity index (χ1v) is 10.9. The minimum Gasteiger partial charge on any atom is -0.494 e. The van der Waals surface area contributed by atoms with Gasteiger partial charge in [-0.05, 0) is 37.3 Å². The molecule has 4 rings (SSSR count). The molecular formula is C22H23FN4O3S. The Morgan fingerprint density at radius 3 is 2.68 bits per heavy atom. The van der Waals surface area contributed by atoms with E-state index in [9.17, 15) is 14.0 Å². The zero-order valence-corrected chi connectivity index (χ0v) is 18.0. The molecule has 0 atom stereocenters. The largest absolute Gasteiger partial charge is 0.494 e. The zero-order chi connectivity index (χ0) is 21.8. The summed E-state index contributed by atoms with van der Waals surface area (Å²) in [6.07, 6.45) is 0. The lowest BCUT2D eigenvalue weighted by atomic mass is 10.1. The molecule has 0 spiro atoms. The molecule has 9 heteroatoms. The number of nitrogens with zero attached hydrogens (tertiary/aromatic N) is 3. The van der Waals surface area contributed by atoms with E-state index in [-0.39, 0.29) is 23.9 Å². The highest BCUT2D eigenvalue weighted by molar-refractivity contribution is 7.22. The van der Waals surface area contributed by atoms with Crippen LogP contribution in [0.5, 0.6) is 5.75 Å². The maximum atomic E-state index is 13.9. The Bertz CT molecular complexity index is 1100. The zero-order valence-electron chi connectivity index (χ0n) is 17.1. The predicted octanol–water partition coefficient (Wildman–Crippen LogP) is 3.23. The number of nitrogens with one attached hydrogen (secondary N) is 1. The number of amides is 2. The van der Waals surface area contributed by atoms with Crippen molar-refractivity contribution in [1.29, 1.82) is 0 Å². The van der Waals surface area contributed by atoms with E-state index in [2.05, 4.69) is 10.3 Å². The Morgan fingerprint density at radius 1 is 1.16 bits per heavy atom. The average molecular weight is 443 g/mol. The lowest BCUT2D eigenvalue weighted by Crippen LogP contribution is -2.50. The SMILES string of the molecule is CCOc1ccc2nc(NC(=O)CN3CCN(C(=O)c4ccccc4F)CC3)sc2c1. The van der Waals surface area contributed by atoms with Gasteiger partial charge in [-0.25, -0.2) is 9.37 Å². The third kappa shape index (κ3) is 5.00. The number of piperazine rings is 1. The van der Waals surface area contributed by atoms with Gasteiger partial charge in [-0.3, -0.25) is 14.5 Å². The van der Waals surface area contributed by atoms with Gasteiger partial charge in [0.05, 0.1) is 28.9 Å². The number of thiazole rings is 1. The van der Waals surface area contributed by atoms with Crippen LogP contribution in [0.3, 0.4) is 0 Å². The van der Waals surface area contributed by atoms with Crippen LogP contribution < -0.4 is 10.1 Å². The normalized spacial score (nSPS) is 14.6. The highest BCUT2D eigenvalue weighted by Gasteiger charge is 2.25.